The number of benzene rings is 1. The summed E-state index contributed by atoms with van der Waals surface area (Å²) in [6.07, 6.45) is -0.585. The number of anilines is 1. The summed E-state index contributed by atoms with van der Waals surface area (Å²) in [5, 5.41) is 5.93. The van der Waals surface area contributed by atoms with Gasteiger partial charge in [-0.05, 0) is 19.1 Å². The predicted octanol–water partition coefficient (Wildman–Crippen LogP) is 0.206. The Morgan fingerprint density at radius 3 is 3.00 bits per heavy atom. The van der Waals surface area contributed by atoms with Crippen LogP contribution in [-0.4, -0.2) is 48.5 Å². The summed E-state index contributed by atoms with van der Waals surface area (Å²) in [6, 6.07) is 7.07. The Morgan fingerprint density at radius 1 is 1.35 bits per heavy atom. The van der Waals surface area contributed by atoms with E-state index in [0.717, 1.165) is 5.69 Å². The van der Waals surface area contributed by atoms with E-state index in [4.69, 9.17) is 4.74 Å². The van der Waals surface area contributed by atoms with Gasteiger partial charge in [0.2, 0.25) is 5.91 Å². The van der Waals surface area contributed by atoms with Crippen LogP contribution in [0.15, 0.2) is 24.3 Å². The van der Waals surface area contributed by atoms with Crippen molar-refractivity contribution >= 4 is 17.5 Å². The van der Waals surface area contributed by atoms with E-state index in [9.17, 15) is 9.59 Å². The Bertz CT molecular complexity index is 546. The van der Waals surface area contributed by atoms with E-state index in [1.165, 1.54) is 0 Å². The molecule has 3 rings (SSSR count). The molecule has 2 N–H and O–H groups in total. The normalized spacial score (nSPS) is 25.1. The minimum Gasteiger partial charge on any atom is -0.477 e. The van der Waals surface area contributed by atoms with Gasteiger partial charge in [-0.25, -0.2) is 0 Å². The number of nitrogens with zero attached hydrogens (tertiary/aromatic N) is 1. The fourth-order valence-electron chi connectivity index (χ4n) is 2.52. The maximum Gasteiger partial charge on any atom is 0.266 e. The fourth-order valence-corrected chi connectivity index (χ4v) is 2.52. The van der Waals surface area contributed by atoms with E-state index in [1.807, 2.05) is 24.3 Å². The number of hydrogen-bond acceptors (Lipinski definition) is 4. The number of para-hydroxylation sites is 2. The lowest BCUT2D eigenvalue weighted by Gasteiger charge is -2.36. The molecular formula is C14H17N3O3. The van der Waals surface area contributed by atoms with Crippen molar-refractivity contribution in [2.45, 2.75) is 19.1 Å². The number of hydrogen-bond donors (Lipinski definition) is 2. The average Bonchev–Trinajstić information content (AvgIpc) is 2.49. The van der Waals surface area contributed by atoms with Gasteiger partial charge in [0.05, 0.1) is 12.2 Å². The first-order valence-electron chi connectivity index (χ1n) is 6.74. The van der Waals surface area contributed by atoms with Crippen molar-refractivity contribution in [3.63, 3.8) is 0 Å². The molecule has 2 amide bonds. The summed E-state index contributed by atoms with van der Waals surface area (Å²) < 4.78 is 5.75. The van der Waals surface area contributed by atoms with E-state index in [0.29, 0.717) is 25.4 Å². The predicted molar refractivity (Wildman–Crippen MR) is 73.5 cm³/mol. The number of fused-ring (bicyclic) bond motifs is 1. The van der Waals surface area contributed by atoms with Crippen molar-refractivity contribution in [2.24, 2.45) is 0 Å². The number of ether oxygens (including phenoxy) is 1. The average molecular weight is 275 g/mol. The highest BCUT2D eigenvalue weighted by molar-refractivity contribution is 5.91. The monoisotopic (exact) mass is 275 g/mol. The molecule has 0 spiro atoms. The van der Waals surface area contributed by atoms with Crippen LogP contribution < -0.4 is 15.4 Å². The van der Waals surface area contributed by atoms with Crippen LogP contribution in [-0.2, 0) is 9.59 Å². The molecule has 1 fully saturated rings. The zero-order valence-electron chi connectivity index (χ0n) is 11.3. The second kappa shape index (κ2) is 5.03. The molecule has 0 aromatic heterocycles. The van der Waals surface area contributed by atoms with Crippen LogP contribution >= 0.6 is 0 Å². The molecule has 2 heterocycles. The Morgan fingerprint density at radius 2 is 2.15 bits per heavy atom. The van der Waals surface area contributed by atoms with Crippen LogP contribution in [0.1, 0.15) is 6.92 Å². The molecule has 6 heteroatoms. The van der Waals surface area contributed by atoms with Gasteiger partial charge in [-0.15, -0.1) is 0 Å². The van der Waals surface area contributed by atoms with Gasteiger partial charge < -0.3 is 20.3 Å². The van der Waals surface area contributed by atoms with Crippen LogP contribution in [0.25, 0.3) is 0 Å². The first-order valence-corrected chi connectivity index (χ1v) is 6.74. The highest BCUT2D eigenvalue weighted by Crippen LogP contribution is 2.28. The molecular weight excluding hydrogens is 258 g/mol. The second-order valence-electron chi connectivity index (χ2n) is 4.98. The Kier molecular flexibility index (Phi) is 3.22. The molecule has 0 radical (unpaired) electrons. The number of rotatable bonds is 1. The lowest BCUT2D eigenvalue weighted by Crippen LogP contribution is -2.59. The van der Waals surface area contributed by atoms with Crippen molar-refractivity contribution < 1.29 is 14.3 Å². The minimum absolute atomic E-state index is 0.117. The Labute approximate surface area is 117 Å². The van der Waals surface area contributed by atoms with Crippen molar-refractivity contribution in [2.75, 3.05) is 25.0 Å². The quantitative estimate of drug-likeness (QED) is 0.768. The molecule has 2 aliphatic heterocycles. The van der Waals surface area contributed by atoms with Crippen LogP contribution in [0.4, 0.5) is 5.69 Å². The van der Waals surface area contributed by atoms with Gasteiger partial charge >= 0.3 is 0 Å². The summed E-state index contributed by atoms with van der Waals surface area (Å²) in [5.41, 5.74) is 0.890. The van der Waals surface area contributed by atoms with Gasteiger partial charge in [-0.1, -0.05) is 12.1 Å². The first-order chi connectivity index (χ1) is 9.66. The number of carbonyl (C=O) groups excluding carboxylic acids is 2. The van der Waals surface area contributed by atoms with Gasteiger partial charge in [-0.2, -0.15) is 0 Å². The second-order valence-corrected chi connectivity index (χ2v) is 4.98. The minimum atomic E-state index is -0.585. The third kappa shape index (κ3) is 2.17. The largest absolute Gasteiger partial charge is 0.477 e. The molecule has 20 heavy (non-hydrogen) atoms. The number of carbonyl (C=O) groups is 2. The Hall–Kier alpha value is -2.24. The maximum absolute atomic E-state index is 12.5. The van der Waals surface area contributed by atoms with E-state index in [1.54, 1.807) is 11.8 Å². The molecule has 1 aromatic rings. The zero-order chi connectivity index (χ0) is 14.1. The molecule has 1 aromatic carbocycles. The molecule has 0 saturated carbocycles. The molecule has 106 valence electrons. The zero-order valence-corrected chi connectivity index (χ0v) is 11.3. The molecule has 2 aliphatic rings. The highest BCUT2D eigenvalue weighted by Gasteiger charge is 2.35. The van der Waals surface area contributed by atoms with Crippen LogP contribution in [0.2, 0.25) is 0 Å². The topological polar surface area (TPSA) is 70.7 Å². The molecule has 1 saturated heterocycles. The van der Waals surface area contributed by atoms with Gasteiger partial charge in [0.1, 0.15) is 11.8 Å². The van der Waals surface area contributed by atoms with Gasteiger partial charge in [0.25, 0.3) is 5.91 Å². The smallest absolute Gasteiger partial charge is 0.266 e. The van der Waals surface area contributed by atoms with E-state index in [2.05, 4.69) is 10.6 Å². The number of piperazine rings is 1. The third-order valence-electron chi connectivity index (χ3n) is 3.69. The fraction of sp³-hybridized carbons (Fsp3) is 0.429. The van der Waals surface area contributed by atoms with Gasteiger partial charge in [0, 0.05) is 13.1 Å². The van der Waals surface area contributed by atoms with Gasteiger partial charge in [-0.3, -0.25) is 9.59 Å². The molecule has 6 nitrogen and oxygen atoms in total. The molecule has 0 bridgehead atoms. The lowest BCUT2D eigenvalue weighted by molar-refractivity contribution is -0.147. The first kappa shape index (κ1) is 12.8. The van der Waals surface area contributed by atoms with Crippen molar-refractivity contribution in [3.05, 3.63) is 24.3 Å². The number of amides is 2. The molecule has 2 atom stereocenters. The maximum atomic E-state index is 12.5. The Balaban J connectivity index is 1.74. The summed E-state index contributed by atoms with van der Waals surface area (Å²) in [5.74, 6) is 0.411. The SMILES string of the molecule is CC1C(=O)NCCN1C(=O)C1CNc2ccccc2O1. The third-order valence-corrected chi connectivity index (χ3v) is 3.69. The highest BCUT2D eigenvalue weighted by atomic mass is 16.5. The van der Waals surface area contributed by atoms with E-state index >= 15 is 0 Å². The molecule has 0 aliphatic carbocycles. The van der Waals surface area contributed by atoms with E-state index in [-0.39, 0.29) is 11.8 Å². The van der Waals surface area contributed by atoms with Gasteiger partial charge in [0.15, 0.2) is 6.10 Å². The van der Waals surface area contributed by atoms with Crippen LogP contribution in [0.3, 0.4) is 0 Å². The lowest BCUT2D eigenvalue weighted by atomic mass is 10.1. The number of nitrogens with one attached hydrogen (secondary N) is 2. The summed E-state index contributed by atoms with van der Waals surface area (Å²) in [4.78, 5) is 25.7. The summed E-state index contributed by atoms with van der Waals surface area (Å²) >= 11 is 0. The van der Waals surface area contributed by atoms with Crippen LogP contribution in [0, 0.1) is 0 Å². The molecule has 2 unspecified atom stereocenters. The van der Waals surface area contributed by atoms with Crippen molar-refractivity contribution in [3.8, 4) is 5.75 Å². The summed E-state index contributed by atoms with van der Waals surface area (Å²) in [7, 11) is 0. The van der Waals surface area contributed by atoms with Crippen LogP contribution in [0.5, 0.6) is 5.75 Å². The summed E-state index contributed by atoms with van der Waals surface area (Å²) in [6.45, 7) is 3.16. The standard InChI is InChI=1S/C14H17N3O3/c1-9-13(18)15-6-7-17(9)14(19)12-8-16-10-4-2-3-5-11(10)20-12/h2-5,9,12,16H,6-8H2,1H3,(H,15,18). The van der Waals surface area contributed by atoms with E-state index < -0.39 is 12.1 Å². The van der Waals surface area contributed by atoms with Crippen molar-refractivity contribution in [1.29, 1.82) is 0 Å². The van der Waals surface area contributed by atoms with Crippen molar-refractivity contribution in [1.82, 2.24) is 10.2 Å².